The molecule has 2 nitrogen and oxygen atoms in total. The number of aryl methyl sites for hydroxylation is 3. The molecule has 16 heavy (non-hydrogen) atoms. The van der Waals surface area contributed by atoms with Crippen LogP contribution in [-0.4, -0.2) is 24.8 Å². The number of ketones is 1. The third-order valence-electron chi connectivity index (χ3n) is 3.08. The molecule has 1 atom stereocenters. The number of nitrogens with zero attached hydrogens (tertiary/aromatic N) is 1. The van der Waals surface area contributed by atoms with Crippen LogP contribution in [0.5, 0.6) is 0 Å². The zero-order valence-electron chi connectivity index (χ0n) is 11.1. The first-order chi connectivity index (χ1) is 7.34. The maximum absolute atomic E-state index is 11.7. The molecule has 1 aromatic carbocycles. The highest BCUT2D eigenvalue weighted by Gasteiger charge is 2.21. The lowest BCUT2D eigenvalue weighted by Crippen LogP contribution is -2.26. The van der Waals surface area contributed by atoms with Crippen LogP contribution in [0.3, 0.4) is 0 Å². The first-order valence-electron chi connectivity index (χ1n) is 5.59. The van der Waals surface area contributed by atoms with Crippen LogP contribution in [0.15, 0.2) is 12.1 Å². The number of rotatable bonds is 3. The van der Waals surface area contributed by atoms with Gasteiger partial charge in [-0.05, 0) is 64.0 Å². The quantitative estimate of drug-likeness (QED) is 0.779. The molecule has 0 bridgehead atoms. The van der Waals surface area contributed by atoms with Crippen molar-refractivity contribution in [1.29, 1.82) is 0 Å². The Morgan fingerprint density at radius 2 is 1.56 bits per heavy atom. The zero-order chi connectivity index (χ0) is 12.5. The Bertz CT molecular complexity index is 407. The summed E-state index contributed by atoms with van der Waals surface area (Å²) in [6.45, 7) is 7.91. The molecule has 0 N–H and O–H groups in total. The van der Waals surface area contributed by atoms with Gasteiger partial charge in [-0.15, -0.1) is 0 Å². The van der Waals surface area contributed by atoms with E-state index in [1.54, 1.807) is 6.92 Å². The lowest BCUT2D eigenvalue weighted by atomic mass is 9.93. The monoisotopic (exact) mass is 219 g/mol. The minimum absolute atomic E-state index is 0.126. The lowest BCUT2D eigenvalue weighted by Gasteiger charge is -2.24. The topological polar surface area (TPSA) is 20.3 Å². The average molecular weight is 219 g/mol. The summed E-state index contributed by atoms with van der Waals surface area (Å²) in [6.07, 6.45) is 0. The minimum Gasteiger partial charge on any atom is -0.298 e. The van der Waals surface area contributed by atoms with Gasteiger partial charge < -0.3 is 0 Å². The van der Waals surface area contributed by atoms with Gasteiger partial charge in [-0.1, -0.05) is 12.1 Å². The second kappa shape index (κ2) is 4.79. The van der Waals surface area contributed by atoms with Crippen molar-refractivity contribution in [2.75, 3.05) is 14.1 Å². The maximum atomic E-state index is 11.7. The maximum Gasteiger partial charge on any atom is 0.151 e. The third-order valence-corrected chi connectivity index (χ3v) is 3.08. The van der Waals surface area contributed by atoms with E-state index in [-0.39, 0.29) is 11.8 Å². The van der Waals surface area contributed by atoms with E-state index in [2.05, 4.69) is 32.9 Å². The number of Topliss-reactive ketones (excluding diaryl/α,β-unsaturated/α-hetero) is 1. The highest BCUT2D eigenvalue weighted by atomic mass is 16.1. The molecule has 0 aliphatic carbocycles. The van der Waals surface area contributed by atoms with E-state index in [0.717, 1.165) is 5.56 Å². The van der Waals surface area contributed by atoms with Crippen LogP contribution >= 0.6 is 0 Å². The van der Waals surface area contributed by atoms with Gasteiger partial charge in [0.25, 0.3) is 0 Å². The molecule has 2 heteroatoms. The van der Waals surface area contributed by atoms with Crippen LogP contribution in [0.1, 0.15) is 35.2 Å². The van der Waals surface area contributed by atoms with Crippen LogP contribution in [0.4, 0.5) is 0 Å². The van der Waals surface area contributed by atoms with Gasteiger partial charge in [0.15, 0.2) is 5.78 Å². The molecule has 0 aliphatic rings. The van der Waals surface area contributed by atoms with E-state index >= 15 is 0 Å². The molecule has 0 spiro atoms. The lowest BCUT2D eigenvalue weighted by molar-refractivity contribution is -0.121. The van der Waals surface area contributed by atoms with Crippen molar-refractivity contribution >= 4 is 5.78 Å². The molecule has 0 aliphatic heterocycles. The van der Waals surface area contributed by atoms with Crippen LogP contribution in [-0.2, 0) is 4.79 Å². The number of hydrogen-bond donors (Lipinski definition) is 0. The summed E-state index contributed by atoms with van der Waals surface area (Å²) in [6, 6.07) is 4.17. The first kappa shape index (κ1) is 12.9. The van der Waals surface area contributed by atoms with Gasteiger partial charge in [0.05, 0.1) is 6.04 Å². The Labute approximate surface area is 98.3 Å². The molecule has 1 unspecified atom stereocenters. The number of likely N-dealkylation sites (N-methyl/N-ethyl adjacent to an activating group) is 1. The number of hydrogen-bond acceptors (Lipinski definition) is 2. The minimum atomic E-state index is -0.126. The fourth-order valence-electron chi connectivity index (χ4n) is 2.14. The van der Waals surface area contributed by atoms with E-state index in [1.165, 1.54) is 16.7 Å². The van der Waals surface area contributed by atoms with Crippen LogP contribution in [0.2, 0.25) is 0 Å². The Kier molecular flexibility index (Phi) is 3.87. The zero-order valence-corrected chi connectivity index (χ0v) is 11.1. The predicted molar refractivity (Wildman–Crippen MR) is 67.8 cm³/mol. The number of carbonyl (C=O) groups excluding carboxylic acids is 1. The van der Waals surface area contributed by atoms with Crippen LogP contribution in [0.25, 0.3) is 0 Å². The summed E-state index contributed by atoms with van der Waals surface area (Å²) < 4.78 is 0. The van der Waals surface area contributed by atoms with Crippen molar-refractivity contribution in [2.24, 2.45) is 0 Å². The largest absolute Gasteiger partial charge is 0.298 e. The number of carbonyl (C=O) groups is 1. The van der Waals surface area contributed by atoms with E-state index in [9.17, 15) is 4.79 Å². The Balaban J connectivity index is 3.30. The van der Waals surface area contributed by atoms with E-state index in [0.29, 0.717) is 0 Å². The van der Waals surface area contributed by atoms with E-state index in [1.807, 2.05) is 19.0 Å². The summed E-state index contributed by atoms with van der Waals surface area (Å²) in [5.41, 5.74) is 4.84. The van der Waals surface area contributed by atoms with Crippen LogP contribution < -0.4 is 0 Å². The van der Waals surface area contributed by atoms with Gasteiger partial charge in [0.2, 0.25) is 0 Å². The highest BCUT2D eigenvalue weighted by molar-refractivity contribution is 5.83. The van der Waals surface area contributed by atoms with Crippen LogP contribution in [0, 0.1) is 20.8 Å². The highest BCUT2D eigenvalue weighted by Crippen LogP contribution is 2.25. The van der Waals surface area contributed by atoms with Crippen molar-refractivity contribution in [3.8, 4) is 0 Å². The SMILES string of the molecule is CC(=O)C(c1cc(C)c(C)cc1C)N(C)C. The smallest absolute Gasteiger partial charge is 0.151 e. The molecule has 0 amide bonds. The Morgan fingerprint density at radius 1 is 1.06 bits per heavy atom. The van der Waals surface area contributed by atoms with E-state index in [4.69, 9.17) is 0 Å². The molecular weight excluding hydrogens is 198 g/mol. The summed E-state index contributed by atoms with van der Waals surface area (Å²) in [7, 11) is 3.89. The fourth-order valence-corrected chi connectivity index (χ4v) is 2.14. The first-order valence-corrected chi connectivity index (χ1v) is 5.59. The van der Waals surface area contributed by atoms with Gasteiger partial charge >= 0.3 is 0 Å². The molecule has 0 saturated heterocycles. The summed E-state index contributed by atoms with van der Waals surface area (Å²) >= 11 is 0. The van der Waals surface area contributed by atoms with Crippen molar-refractivity contribution < 1.29 is 4.79 Å². The van der Waals surface area contributed by atoms with Gasteiger partial charge in [0, 0.05) is 0 Å². The second-order valence-electron chi connectivity index (χ2n) is 4.77. The van der Waals surface area contributed by atoms with Crippen molar-refractivity contribution in [3.63, 3.8) is 0 Å². The molecule has 1 rings (SSSR count). The molecule has 1 aromatic rings. The fraction of sp³-hybridized carbons (Fsp3) is 0.500. The second-order valence-corrected chi connectivity index (χ2v) is 4.77. The normalized spacial score (nSPS) is 12.9. The average Bonchev–Trinajstić information content (AvgIpc) is 2.12. The summed E-state index contributed by atoms with van der Waals surface area (Å²) in [4.78, 5) is 13.7. The molecular formula is C14H21NO. The molecule has 0 fully saturated rings. The number of benzene rings is 1. The molecule has 0 radical (unpaired) electrons. The van der Waals surface area contributed by atoms with Crippen molar-refractivity contribution in [1.82, 2.24) is 4.90 Å². The standard InChI is InChI=1S/C14H21NO/c1-9-7-11(3)13(8-10(9)2)14(12(4)16)15(5)6/h7-8,14H,1-6H3. The van der Waals surface area contributed by atoms with Crippen molar-refractivity contribution in [2.45, 2.75) is 33.7 Å². The third kappa shape index (κ3) is 2.50. The van der Waals surface area contributed by atoms with Gasteiger partial charge in [-0.25, -0.2) is 0 Å². The molecule has 88 valence electrons. The van der Waals surface area contributed by atoms with Gasteiger partial charge in [-0.3, -0.25) is 9.69 Å². The Morgan fingerprint density at radius 3 is 2.00 bits per heavy atom. The van der Waals surface area contributed by atoms with Gasteiger partial charge in [-0.2, -0.15) is 0 Å². The molecule has 0 saturated carbocycles. The summed E-state index contributed by atoms with van der Waals surface area (Å²) in [5.74, 6) is 0.191. The predicted octanol–water partition coefficient (Wildman–Crippen LogP) is 2.80. The van der Waals surface area contributed by atoms with Gasteiger partial charge in [0.1, 0.15) is 0 Å². The summed E-state index contributed by atoms with van der Waals surface area (Å²) in [5, 5.41) is 0. The van der Waals surface area contributed by atoms with E-state index < -0.39 is 0 Å². The van der Waals surface area contributed by atoms with Crippen molar-refractivity contribution in [3.05, 3.63) is 34.4 Å². The molecule has 0 aromatic heterocycles. The Hall–Kier alpha value is -1.15. The molecule has 0 heterocycles.